The fourth-order valence-corrected chi connectivity index (χ4v) is 1.43. The number of terminal acetylenes is 1. The third-order valence-corrected chi connectivity index (χ3v) is 2.55. The highest BCUT2D eigenvalue weighted by atomic mass is 16.5. The Balaban J connectivity index is 2.69. The second-order valence-corrected chi connectivity index (χ2v) is 4.12. The highest BCUT2D eigenvalue weighted by Gasteiger charge is 2.39. The summed E-state index contributed by atoms with van der Waals surface area (Å²) in [5.74, 6) is -1.17. The molecule has 1 unspecified atom stereocenters. The molecule has 7 nitrogen and oxygen atoms in total. The van der Waals surface area contributed by atoms with Crippen molar-refractivity contribution in [2.75, 3.05) is 0 Å². The predicted molar refractivity (Wildman–Crippen MR) is 75.2 cm³/mol. The number of hydrogen-bond donors (Lipinski definition) is 3. The van der Waals surface area contributed by atoms with Crippen molar-refractivity contribution in [3.8, 4) is 12.3 Å². The minimum Gasteiger partial charge on any atom is -0.481 e. The Morgan fingerprint density at radius 1 is 1.27 bits per heavy atom. The Morgan fingerprint density at radius 3 is 2.41 bits per heavy atom. The van der Waals surface area contributed by atoms with E-state index in [1.807, 2.05) is 11.2 Å². The quantitative estimate of drug-likeness (QED) is 0.644. The van der Waals surface area contributed by atoms with E-state index in [9.17, 15) is 14.4 Å². The average molecular weight is 303 g/mol. The number of nitrogens with one attached hydrogen (secondary N) is 1. The van der Waals surface area contributed by atoms with Crippen LogP contribution in [0.25, 0.3) is 0 Å². The van der Waals surface area contributed by atoms with Gasteiger partial charge in [-0.05, 0) is 5.56 Å². The number of carboxylic acids is 2. The number of carbonyl (C=O) groups excluding carboxylic acids is 1. The number of benzene rings is 1. The third kappa shape index (κ3) is 4.83. The number of alkyl carbamates (subject to hydrolysis) is 1. The molecule has 0 saturated carbocycles. The van der Waals surface area contributed by atoms with Crippen molar-refractivity contribution >= 4 is 18.0 Å². The van der Waals surface area contributed by atoms with Gasteiger partial charge in [-0.1, -0.05) is 36.3 Å². The summed E-state index contributed by atoms with van der Waals surface area (Å²) in [6, 6.07) is 8.70. The van der Waals surface area contributed by atoms with Gasteiger partial charge in [0.1, 0.15) is 6.61 Å². The molecular formula is C15H13NO6. The van der Waals surface area contributed by atoms with E-state index in [0.717, 1.165) is 0 Å². The Bertz CT molecular complexity index is 592. The van der Waals surface area contributed by atoms with Gasteiger partial charge in [-0.3, -0.25) is 10.1 Å². The van der Waals surface area contributed by atoms with Crippen molar-refractivity contribution in [2.24, 2.45) is 0 Å². The Morgan fingerprint density at radius 2 is 1.91 bits per heavy atom. The standard InChI is InChI=1S/C15H13NO6/c1-2-15(13(19)20,9-8-12(17)18)16-14(21)22-10-11-6-4-3-5-7-11/h1,3-9H,10H2,(H,16,21)(H,17,18)(H,19,20). The van der Waals surface area contributed by atoms with Crippen molar-refractivity contribution in [1.82, 2.24) is 5.32 Å². The molecule has 0 aliphatic carbocycles. The summed E-state index contributed by atoms with van der Waals surface area (Å²) in [6.07, 6.45) is 5.24. The molecule has 1 aromatic rings. The van der Waals surface area contributed by atoms with Crippen molar-refractivity contribution in [3.63, 3.8) is 0 Å². The summed E-state index contributed by atoms with van der Waals surface area (Å²) >= 11 is 0. The molecule has 22 heavy (non-hydrogen) atoms. The normalized spacial score (nSPS) is 12.5. The van der Waals surface area contributed by atoms with Crippen LogP contribution in [0.2, 0.25) is 0 Å². The van der Waals surface area contributed by atoms with Crippen LogP contribution in [0.4, 0.5) is 4.79 Å². The van der Waals surface area contributed by atoms with Crippen LogP contribution in [0.3, 0.4) is 0 Å². The van der Waals surface area contributed by atoms with Gasteiger partial charge in [-0.25, -0.2) is 9.59 Å². The first-order chi connectivity index (χ1) is 10.4. The second-order valence-electron chi connectivity index (χ2n) is 4.12. The smallest absolute Gasteiger partial charge is 0.409 e. The number of rotatable bonds is 7. The Labute approximate surface area is 126 Å². The lowest BCUT2D eigenvalue weighted by molar-refractivity contribution is -0.141. The maximum absolute atomic E-state index is 11.7. The molecule has 2 radical (unpaired) electrons. The molecule has 114 valence electrons. The van der Waals surface area contributed by atoms with Crippen LogP contribution in [0.1, 0.15) is 5.56 Å². The first-order valence-corrected chi connectivity index (χ1v) is 6.02. The van der Waals surface area contributed by atoms with Crippen LogP contribution < -0.4 is 5.32 Å². The SMILES string of the molecule is C#CC([CH][CH]C(=O)O)(NC(=O)OCc1ccccc1)C(=O)O. The molecule has 0 aromatic heterocycles. The van der Waals surface area contributed by atoms with E-state index in [1.54, 1.807) is 30.3 Å². The van der Waals surface area contributed by atoms with Crippen LogP contribution in [-0.4, -0.2) is 33.8 Å². The van der Waals surface area contributed by atoms with E-state index in [4.69, 9.17) is 21.4 Å². The molecule has 0 heterocycles. The van der Waals surface area contributed by atoms with E-state index in [0.29, 0.717) is 18.4 Å². The zero-order valence-corrected chi connectivity index (χ0v) is 11.4. The molecule has 3 N–H and O–H groups in total. The molecule has 0 saturated heterocycles. The van der Waals surface area contributed by atoms with Gasteiger partial charge in [0.15, 0.2) is 0 Å². The minimum atomic E-state index is -2.30. The summed E-state index contributed by atoms with van der Waals surface area (Å²) in [7, 11) is 0. The van der Waals surface area contributed by atoms with Gasteiger partial charge in [-0.15, -0.1) is 6.42 Å². The lowest BCUT2D eigenvalue weighted by atomic mass is 9.94. The van der Waals surface area contributed by atoms with E-state index in [2.05, 4.69) is 0 Å². The number of hydrogen-bond acceptors (Lipinski definition) is 4. The fourth-order valence-electron chi connectivity index (χ4n) is 1.43. The van der Waals surface area contributed by atoms with Crippen LogP contribution in [-0.2, 0) is 20.9 Å². The second kappa shape index (κ2) is 7.69. The number of carboxylic acid groups (broad SMARTS) is 2. The van der Waals surface area contributed by atoms with Crippen molar-refractivity contribution in [2.45, 2.75) is 12.1 Å². The summed E-state index contributed by atoms with van der Waals surface area (Å²) in [4.78, 5) is 33.4. The van der Waals surface area contributed by atoms with Gasteiger partial charge in [-0.2, -0.15) is 0 Å². The average Bonchev–Trinajstić information content (AvgIpc) is 2.50. The van der Waals surface area contributed by atoms with Gasteiger partial charge >= 0.3 is 18.0 Å². The molecule has 0 fully saturated rings. The van der Waals surface area contributed by atoms with Crippen molar-refractivity contribution in [1.29, 1.82) is 0 Å². The number of amides is 1. The number of ether oxygens (including phenoxy) is 1. The number of carbonyl (C=O) groups is 3. The first-order valence-electron chi connectivity index (χ1n) is 6.02. The number of aliphatic carboxylic acids is 2. The molecule has 0 aliphatic heterocycles. The van der Waals surface area contributed by atoms with E-state index in [-0.39, 0.29) is 6.61 Å². The zero-order valence-electron chi connectivity index (χ0n) is 11.4. The minimum absolute atomic E-state index is 0.0877. The van der Waals surface area contributed by atoms with Gasteiger partial charge in [0.25, 0.3) is 0 Å². The van der Waals surface area contributed by atoms with E-state index >= 15 is 0 Å². The van der Waals surface area contributed by atoms with Crippen molar-refractivity contribution < 1.29 is 29.3 Å². The summed E-state index contributed by atoms with van der Waals surface area (Å²) in [6.45, 7) is -0.0877. The molecule has 1 rings (SSSR count). The molecule has 1 atom stereocenters. The molecule has 1 amide bonds. The third-order valence-electron chi connectivity index (χ3n) is 2.55. The lowest BCUT2D eigenvalue weighted by Crippen LogP contribution is -2.54. The largest absolute Gasteiger partial charge is 0.481 e. The molecule has 1 aromatic carbocycles. The maximum atomic E-state index is 11.7. The Hall–Kier alpha value is -3.01. The predicted octanol–water partition coefficient (Wildman–Crippen LogP) is 0.863. The van der Waals surface area contributed by atoms with Crippen LogP contribution >= 0.6 is 0 Å². The van der Waals surface area contributed by atoms with E-state index < -0.39 is 23.6 Å². The van der Waals surface area contributed by atoms with Crippen LogP contribution in [0, 0.1) is 25.2 Å². The summed E-state index contributed by atoms with van der Waals surface area (Å²) in [5.41, 5.74) is -1.60. The monoisotopic (exact) mass is 303 g/mol. The van der Waals surface area contributed by atoms with Gasteiger partial charge in [0, 0.05) is 6.42 Å². The molecule has 0 aliphatic rings. The van der Waals surface area contributed by atoms with Gasteiger partial charge in [0.05, 0.1) is 6.42 Å². The lowest BCUT2D eigenvalue weighted by Gasteiger charge is -2.23. The van der Waals surface area contributed by atoms with Gasteiger partial charge < -0.3 is 14.9 Å². The maximum Gasteiger partial charge on any atom is 0.409 e. The highest BCUT2D eigenvalue weighted by molar-refractivity contribution is 5.92. The summed E-state index contributed by atoms with van der Waals surface area (Å²) < 4.78 is 4.85. The van der Waals surface area contributed by atoms with Crippen LogP contribution in [0.15, 0.2) is 30.3 Å². The molecule has 0 bridgehead atoms. The topological polar surface area (TPSA) is 113 Å². The van der Waals surface area contributed by atoms with Crippen molar-refractivity contribution in [3.05, 3.63) is 48.7 Å². The van der Waals surface area contributed by atoms with E-state index in [1.165, 1.54) is 0 Å². The molecule has 0 spiro atoms. The van der Waals surface area contributed by atoms with Gasteiger partial charge in [0.2, 0.25) is 5.54 Å². The molecule has 7 heteroatoms. The highest BCUT2D eigenvalue weighted by Crippen LogP contribution is 2.12. The Kier molecular flexibility index (Phi) is 5.96. The zero-order chi connectivity index (χ0) is 16.6. The first kappa shape index (κ1) is 17.0. The fraction of sp³-hybridized carbons (Fsp3) is 0.133. The molecular weight excluding hydrogens is 290 g/mol. The van der Waals surface area contributed by atoms with Crippen LogP contribution in [0.5, 0.6) is 0 Å². The summed E-state index contributed by atoms with van der Waals surface area (Å²) in [5, 5.41) is 19.6.